The van der Waals surface area contributed by atoms with Crippen molar-refractivity contribution in [2.45, 2.75) is 62.3 Å². The summed E-state index contributed by atoms with van der Waals surface area (Å²) in [5.41, 5.74) is 7.98. The molecule has 0 heterocycles. The fourth-order valence-corrected chi connectivity index (χ4v) is 6.43. The summed E-state index contributed by atoms with van der Waals surface area (Å²) in [6, 6.07) is 4.40. The largest absolute Gasteiger partial charge is 0.0849 e. The van der Waals surface area contributed by atoms with Crippen LogP contribution in [-0.4, -0.2) is 0 Å². The SMILES string of the molecule is Cc1cc(C)c(P(Cl)C(Cl)=C2C(C(C)(C)C)=C2C(C)(C)C)c(C)c1. The molecule has 0 N–H and O–H groups in total. The minimum absolute atomic E-state index is 0.0997. The van der Waals surface area contributed by atoms with Crippen LogP contribution in [0.25, 0.3) is 0 Å². The van der Waals surface area contributed by atoms with Gasteiger partial charge >= 0.3 is 0 Å². The van der Waals surface area contributed by atoms with Crippen molar-refractivity contribution in [3.05, 3.63) is 50.3 Å². The maximum Gasteiger partial charge on any atom is 0.0692 e. The van der Waals surface area contributed by atoms with Crippen LogP contribution in [0.1, 0.15) is 58.2 Å². The molecule has 0 saturated carbocycles. The number of hydrogen-bond donors (Lipinski definition) is 0. The topological polar surface area (TPSA) is 0 Å². The molecule has 0 aliphatic heterocycles. The summed E-state index contributed by atoms with van der Waals surface area (Å²) in [5.74, 6) is 0. The highest BCUT2D eigenvalue weighted by atomic mass is 35.7. The van der Waals surface area contributed by atoms with Crippen molar-refractivity contribution in [2.24, 2.45) is 10.8 Å². The Morgan fingerprint density at radius 3 is 1.54 bits per heavy atom. The zero-order valence-electron chi connectivity index (χ0n) is 16.4. The van der Waals surface area contributed by atoms with Crippen LogP contribution >= 0.6 is 30.1 Å². The standard InChI is InChI=1S/C21H29Cl2P/c1-12-10-13(2)18(14(3)11-12)24(23)19(22)15-16(20(4,5)6)17(15)21(7,8)9/h10-11H,1-9H3. The average Bonchev–Trinajstić information content (AvgIpc) is 3.11. The Balaban J connectivity index is 2.53. The first-order valence-corrected chi connectivity index (χ1v) is 11.1. The van der Waals surface area contributed by atoms with Crippen molar-refractivity contribution < 1.29 is 0 Å². The van der Waals surface area contributed by atoms with Gasteiger partial charge in [-0.15, -0.1) is 0 Å². The van der Waals surface area contributed by atoms with Crippen molar-refractivity contribution >= 4 is 35.4 Å². The predicted molar refractivity (Wildman–Crippen MR) is 112 cm³/mol. The molecule has 1 aromatic carbocycles. The number of hydrogen-bond acceptors (Lipinski definition) is 0. The average molecular weight is 383 g/mol. The minimum atomic E-state index is -1.04. The Morgan fingerprint density at radius 2 is 1.21 bits per heavy atom. The molecule has 0 aromatic heterocycles. The molecular weight excluding hydrogens is 354 g/mol. The molecule has 0 fully saturated rings. The molecule has 0 spiro atoms. The van der Waals surface area contributed by atoms with Crippen LogP contribution in [0.2, 0.25) is 0 Å². The van der Waals surface area contributed by atoms with Gasteiger partial charge < -0.3 is 0 Å². The van der Waals surface area contributed by atoms with E-state index in [4.69, 9.17) is 22.8 Å². The van der Waals surface area contributed by atoms with E-state index >= 15 is 0 Å². The molecule has 24 heavy (non-hydrogen) atoms. The van der Waals surface area contributed by atoms with Crippen LogP contribution in [0, 0.1) is 31.6 Å². The van der Waals surface area contributed by atoms with Gasteiger partial charge in [-0.25, -0.2) is 0 Å². The van der Waals surface area contributed by atoms with E-state index in [1.165, 1.54) is 38.7 Å². The minimum Gasteiger partial charge on any atom is -0.0849 e. The van der Waals surface area contributed by atoms with E-state index in [1.807, 2.05) is 0 Å². The molecule has 1 aliphatic rings. The van der Waals surface area contributed by atoms with Gasteiger partial charge in [0.15, 0.2) is 0 Å². The maximum atomic E-state index is 6.93. The van der Waals surface area contributed by atoms with E-state index < -0.39 is 7.27 Å². The summed E-state index contributed by atoms with van der Waals surface area (Å²) in [6.07, 6.45) is 0. The number of benzene rings is 1. The van der Waals surface area contributed by atoms with Gasteiger partial charge in [-0.05, 0) is 53.9 Å². The first-order chi connectivity index (χ1) is 10.8. The maximum absolute atomic E-state index is 6.93. The molecule has 2 rings (SSSR count). The van der Waals surface area contributed by atoms with Gasteiger partial charge in [-0.1, -0.05) is 82.1 Å². The Hall–Kier alpha value is -0.290. The van der Waals surface area contributed by atoms with Crippen LogP contribution in [-0.2, 0) is 0 Å². The molecule has 1 unspecified atom stereocenters. The number of aryl methyl sites for hydroxylation is 3. The fourth-order valence-electron chi connectivity index (χ4n) is 3.57. The lowest BCUT2D eigenvalue weighted by Crippen LogP contribution is -2.09. The normalized spacial score (nSPS) is 16.5. The van der Waals surface area contributed by atoms with Crippen LogP contribution < -0.4 is 5.30 Å². The van der Waals surface area contributed by atoms with E-state index in [0.717, 1.165) is 4.77 Å². The van der Waals surface area contributed by atoms with Gasteiger partial charge in [-0.2, -0.15) is 0 Å². The van der Waals surface area contributed by atoms with Crippen molar-refractivity contribution in [3.63, 3.8) is 0 Å². The zero-order valence-corrected chi connectivity index (χ0v) is 18.8. The molecule has 1 aliphatic carbocycles. The highest BCUT2D eigenvalue weighted by Gasteiger charge is 2.46. The first kappa shape index (κ1) is 20.0. The van der Waals surface area contributed by atoms with E-state index in [1.54, 1.807) is 0 Å². The molecule has 0 nitrogen and oxygen atoms in total. The summed E-state index contributed by atoms with van der Waals surface area (Å²) >= 11 is 13.8. The van der Waals surface area contributed by atoms with Crippen molar-refractivity contribution in [1.82, 2.24) is 0 Å². The van der Waals surface area contributed by atoms with E-state index in [9.17, 15) is 0 Å². The predicted octanol–water partition coefficient (Wildman–Crippen LogP) is 7.73. The van der Waals surface area contributed by atoms with Gasteiger partial charge in [0.1, 0.15) is 0 Å². The lowest BCUT2D eigenvalue weighted by atomic mass is 9.89. The van der Waals surface area contributed by atoms with Gasteiger partial charge in [-0.3, -0.25) is 0 Å². The Labute approximate surface area is 158 Å². The third-order valence-electron chi connectivity index (χ3n) is 4.40. The van der Waals surface area contributed by atoms with E-state index in [2.05, 4.69) is 74.4 Å². The molecule has 0 radical (unpaired) electrons. The quantitative estimate of drug-likeness (QED) is 0.459. The van der Waals surface area contributed by atoms with E-state index in [-0.39, 0.29) is 10.8 Å². The fraction of sp³-hybridized carbons (Fsp3) is 0.524. The molecule has 1 atom stereocenters. The third kappa shape index (κ3) is 3.77. The highest BCUT2D eigenvalue weighted by molar-refractivity contribution is 7.94. The molecule has 0 saturated heterocycles. The van der Waals surface area contributed by atoms with Gasteiger partial charge in [0, 0.05) is 10.9 Å². The van der Waals surface area contributed by atoms with Crippen molar-refractivity contribution in [2.75, 3.05) is 0 Å². The molecule has 3 heteroatoms. The molecule has 0 amide bonds. The summed E-state index contributed by atoms with van der Waals surface area (Å²) in [5, 5.41) is 1.21. The zero-order chi connectivity index (χ0) is 18.6. The smallest absolute Gasteiger partial charge is 0.0692 e. The first-order valence-electron chi connectivity index (χ1n) is 8.46. The van der Waals surface area contributed by atoms with Gasteiger partial charge in [0.05, 0.1) is 12.0 Å². The molecule has 132 valence electrons. The number of rotatable bonds is 2. The highest BCUT2D eigenvalue weighted by Crippen LogP contribution is 2.65. The van der Waals surface area contributed by atoms with Crippen LogP contribution in [0.4, 0.5) is 0 Å². The summed E-state index contributed by atoms with van der Waals surface area (Å²) < 4.78 is 0.844. The second kappa shape index (κ2) is 6.46. The lowest BCUT2D eigenvalue weighted by molar-refractivity contribution is 0.502. The Kier molecular flexibility index (Phi) is 5.39. The number of allylic oxidation sites excluding steroid dienone is 3. The Bertz CT molecular complexity index is 691. The number of halogens is 2. The van der Waals surface area contributed by atoms with Crippen LogP contribution in [0.5, 0.6) is 0 Å². The van der Waals surface area contributed by atoms with Gasteiger partial charge in [0.25, 0.3) is 0 Å². The summed E-state index contributed by atoms with van der Waals surface area (Å²) in [4.78, 5) is 0. The molecular formula is C21H29Cl2P. The molecule has 1 aromatic rings. The second-order valence-corrected chi connectivity index (χ2v) is 12.1. The molecule has 0 bridgehead atoms. The monoisotopic (exact) mass is 382 g/mol. The van der Waals surface area contributed by atoms with Crippen LogP contribution in [0.15, 0.2) is 33.6 Å². The summed E-state index contributed by atoms with van der Waals surface area (Å²) in [6.45, 7) is 19.9. The second-order valence-electron chi connectivity index (χ2n) is 8.94. The van der Waals surface area contributed by atoms with Gasteiger partial charge in [0.2, 0.25) is 0 Å². The lowest BCUT2D eigenvalue weighted by Gasteiger charge is -2.18. The Morgan fingerprint density at radius 1 is 0.833 bits per heavy atom. The van der Waals surface area contributed by atoms with Crippen molar-refractivity contribution in [1.29, 1.82) is 0 Å². The van der Waals surface area contributed by atoms with E-state index in [0.29, 0.717) is 0 Å². The van der Waals surface area contributed by atoms with Crippen LogP contribution in [0.3, 0.4) is 0 Å². The summed E-state index contributed by atoms with van der Waals surface area (Å²) in [7, 11) is -1.04. The third-order valence-corrected chi connectivity index (χ3v) is 8.03. The van der Waals surface area contributed by atoms with Crippen molar-refractivity contribution in [3.8, 4) is 0 Å².